The van der Waals surface area contributed by atoms with Crippen LogP contribution in [0, 0.1) is 5.41 Å². The Hall–Kier alpha value is -1.28. The smallest absolute Gasteiger partial charge is 0.212 e. The summed E-state index contributed by atoms with van der Waals surface area (Å²) in [5, 5.41) is 0. The minimum atomic E-state index is -0.655. The van der Waals surface area contributed by atoms with Gasteiger partial charge < -0.3 is 9.47 Å². The molecule has 1 aromatic carbocycles. The van der Waals surface area contributed by atoms with E-state index in [0.717, 1.165) is 16.9 Å². The lowest BCUT2D eigenvalue weighted by molar-refractivity contribution is -0.213. The topological polar surface area (TPSA) is 18.5 Å². The summed E-state index contributed by atoms with van der Waals surface area (Å²) in [5.41, 5.74) is 2.05. The van der Waals surface area contributed by atoms with Gasteiger partial charge in [-0.3, -0.25) is 0 Å². The lowest BCUT2D eigenvalue weighted by atomic mass is 9.86. The quantitative estimate of drug-likeness (QED) is 0.730. The molecule has 1 atom stereocenters. The van der Waals surface area contributed by atoms with E-state index in [1.54, 1.807) is 7.11 Å². The molecular weight excluding hydrogens is 224 g/mol. The first-order chi connectivity index (χ1) is 8.19. The molecule has 0 N–H and O–H groups in total. The molecule has 100 valence electrons. The summed E-state index contributed by atoms with van der Waals surface area (Å²) in [5.74, 6) is 0.150. The van der Waals surface area contributed by atoms with E-state index in [-0.39, 0.29) is 5.41 Å². The zero-order valence-electron chi connectivity index (χ0n) is 12.3. The summed E-state index contributed by atoms with van der Waals surface area (Å²) in [6.07, 6.45) is 0. The van der Waals surface area contributed by atoms with Crippen LogP contribution in [0.5, 0.6) is 5.75 Å². The first-order valence-electron chi connectivity index (χ1n) is 6.20. The zero-order valence-corrected chi connectivity index (χ0v) is 12.3. The van der Waals surface area contributed by atoms with Gasteiger partial charge in [-0.15, -0.1) is 0 Å². The van der Waals surface area contributed by atoms with Gasteiger partial charge in [0.1, 0.15) is 5.75 Å². The Bertz CT molecular complexity index is 412. The molecule has 0 fully saturated rings. The molecule has 18 heavy (non-hydrogen) atoms. The zero-order chi connectivity index (χ0) is 14.0. The van der Waals surface area contributed by atoms with Crippen LogP contribution in [0.25, 0.3) is 5.57 Å². The predicted octanol–water partition coefficient (Wildman–Crippen LogP) is 4.51. The molecule has 0 saturated carbocycles. The Kier molecular flexibility index (Phi) is 4.23. The van der Waals surface area contributed by atoms with Crippen LogP contribution >= 0.6 is 0 Å². The molecule has 0 bridgehead atoms. The standard InChI is InChI=1S/C16H24O2/c1-12(2)13-8-10-14(11-9-13)18-16(6,17-7)15(3,4)5/h8-11H,1H2,2-7H3. The highest BCUT2D eigenvalue weighted by molar-refractivity contribution is 5.61. The molecule has 2 nitrogen and oxygen atoms in total. The van der Waals surface area contributed by atoms with Crippen LogP contribution in [-0.4, -0.2) is 12.9 Å². The fourth-order valence-electron chi connectivity index (χ4n) is 1.53. The molecule has 2 heteroatoms. The fraction of sp³-hybridized carbons (Fsp3) is 0.500. The molecule has 0 aromatic heterocycles. The minimum absolute atomic E-state index is 0.116. The van der Waals surface area contributed by atoms with E-state index in [2.05, 4.69) is 27.4 Å². The highest BCUT2D eigenvalue weighted by Crippen LogP contribution is 2.35. The molecule has 0 saturated heterocycles. The maximum Gasteiger partial charge on any atom is 0.212 e. The second kappa shape index (κ2) is 5.15. The minimum Gasteiger partial charge on any atom is -0.462 e. The SMILES string of the molecule is C=C(C)c1ccc(OC(C)(OC)C(C)(C)C)cc1. The van der Waals surface area contributed by atoms with Gasteiger partial charge >= 0.3 is 0 Å². The fourth-order valence-corrected chi connectivity index (χ4v) is 1.53. The van der Waals surface area contributed by atoms with E-state index < -0.39 is 5.79 Å². The van der Waals surface area contributed by atoms with E-state index in [0.29, 0.717) is 0 Å². The van der Waals surface area contributed by atoms with Crippen molar-refractivity contribution in [3.05, 3.63) is 36.4 Å². The van der Waals surface area contributed by atoms with Crippen molar-refractivity contribution in [2.45, 2.75) is 40.4 Å². The first-order valence-corrected chi connectivity index (χ1v) is 6.20. The van der Waals surface area contributed by atoms with Crippen LogP contribution < -0.4 is 4.74 Å². The monoisotopic (exact) mass is 248 g/mol. The first kappa shape index (κ1) is 14.8. The average Bonchev–Trinajstić information content (AvgIpc) is 2.28. The molecule has 1 unspecified atom stereocenters. The van der Waals surface area contributed by atoms with Crippen molar-refractivity contribution in [3.63, 3.8) is 0 Å². The summed E-state index contributed by atoms with van der Waals surface area (Å²) >= 11 is 0. The van der Waals surface area contributed by atoms with Crippen molar-refractivity contribution >= 4 is 5.57 Å². The van der Waals surface area contributed by atoms with Gasteiger partial charge in [-0.05, 0) is 24.6 Å². The van der Waals surface area contributed by atoms with Crippen molar-refractivity contribution < 1.29 is 9.47 Å². The van der Waals surface area contributed by atoms with Crippen molar-refractivity contribution in [3.8, 4) is 5.75 Å². The molecule has 0 aliphatic heterocycles. The summed E-state index contributed by atoms with van der Waals surface area (Å²) in [7, 11) is 1.67. The number of methoxy groups -OCH3 is 1. The maximum absolute atomic E-state index is 6.00. The van der Waals surface area contributed by atoms with Crippen molar-refractivity contribution in [1.82, 2.24) is 0 Å². The molecule has 0 aliphatic rings. The van der Waals surface area contributed by atoms with Crippen molar-refractivity contribution in [2.75, 3.05) is 7.11 Å². The third kappa shape index (κ3) is 3.14. The Morgan fingerprint density at radius 1 is 1.06 bits per heavy atom. The average molecular weight is 248 g/mol. The number of rotatable bonds is 4. The Morgan fingerprint density at radius 3 is 1.89 bits per heavy atom. The number of benzene rings is 1. The Labute approximate surface area is 111 Å². The van der Waals surface area contributed by atoms with E-state index in [1.807, 2.05) is 38.1 Å². The number of allylic oxidation sites excluding steroid dienone is 1. The van der Waals surface area contributed by atoms with E-state index in [4.69, 9.17) is 9.47 Å². The third-order valence-corrected chi connectivity index (χ3v) is 3.41. The van der Waals surface area contributed by atoms with Gasteiger partial charge in [0.15, 0.2) is 0 Å². The summed E-state index contributed by atoms with van der Waals surface area (Å²) in [6, 6.07) is 7.92. The second-order valence-corrected chi connectivity index (χ2v) is 5.81. The van der Waals surface area contributed by atoms with Gasteiger partial charge in [-0.1, -0.05) is 45.1 Å². The highest BCUT2D eigenvalue weighted by Gasteiger charge is 2.40. The highest BCUT2D eigenvalue weighted by atomic mass is 16.7. The number of ether oxygens (including phenoxy) is 2. The molecule has 0 spiro atoms. The van der Waals surface area contributed by atoms with Crippen LogP contribution in [0.15, 0.2) is 30.8 Å². The normalized spacial score (nSPS) is 15.0. The van der Waals surface area contributed by atoms with Crippen molar-refractivity contribution in [2.24, 2.45) is 5.41 Å². The van der Waals surface area contributed by atoms with Crippen LogP contribution in [0.1, 0.15) is 40.2 Å². The number of hydrogen-bond acceptors (Lipinski definition) is 2. The molecule has 0 amide bonds. The van der Waals surface area contributed by atoms with Crippen LogP contribution in [0.3, 0.4) is 0 Å². The van der Waals surface area contributed by atoms with Crippen LogP contribution in [0.4, 0.5) is 0 Å². The van der Waals surface area contributed by atoms with Gasteiger partial charge in [-0.2, -0.15) is 0 Å². The third-order valence-electron chi connectivity index (χ3n) is 3.41. The van der Waals surface area contributed by atoms with E-state index in [9.17, 15) is 0 Å². The van der Waals surface area contributed by atoms with Crippen LogP contribution in [-0.2, 0) is 4.74 Å². The largest absolute Gasteiger partial charge is 0.462 e. The van der Waals surface area contributed by atoms with Gasteiger partial charge in [0.2, 0.25) is 5.79 Å². The molecule has 0 heterocycles. The summed E-state index contributed by atoms with van der Waals surface area (Å²) in [4.78, 5) is 0. The summed E-state index contributed by atoms with van der Waals surface area (Å²) < 4.78 is 11.5. The molecule has 1 aromatic rings. The van der Waals surface area contributed by atoms with Gasteiger partial charge in [0.25, 0.3) is 0 Å². The molecule has 1 rings (SSSR count). The molecular formula is C16H24O2. The molecule has 0 radical (unpaired) electrons. The second-order valence-electron chi connectivity index (χ2n) is 5.81. The number of hydrogen-bond donors (Lipinski definition) is 0. The Balaban J connectivity index is 2.93. The summed E-state index contributed by atoms with van der Waals surface area (Å²) in [6.45, 7) is 14.2. The maximum atomic E-state index is 6.00. The molecule has 0 aliphatic carbocycles. The van der Waals surface area contributed by atoms with E-state index in [1.165, 1.54) is 0 Å². The Morgan fingerprint density at radius 2 is 1.56 bits per heavy atom. The van der Waals surface area contributed by atoms with E-state index >= 15 is 0 Å². The van der Waals surface area contributed by atoms with Gasteiger partial charge in [0.05, 0.1) is 0 Å². The predicted molar refractivity (Wildman–Crippen MR) is 76.6 cm³/mol. The lowest BCUT2D eigenvalue weighted by Crippen LogP contribution is -2.47. The van der Waals surface area contributed by atoms with Crippen molar-refractivity contribution in [1.29, 1.82) is 0 Å². The van der Waals surface area contributed by atoms with Gasteiger partial charge in [0, 0.05) is 19.4 Å². The van der Waals surface area contributed by atoms with Crippen LogP contribution in [0.2, 0.25) is 0 Å². The van der Waals surface area contributed by atoms with Gasteiger partial charge in [-0.25, -0.2) is 0 Å². The lowest BCUT2D eigenvalue weighted by Gasteiger charge is -2.40.